The summed E-state index contributed by atoms with van der Waals surface area (Å²) in [5, 5.41) is 3.38. The molecule has 1 aliphatic heterocycles. The molecule has 0 aromatic heterocycles. The van der Waals surface area contributed by atoms with Crippen LogP contribution in [0.15, 0.2) is 24.3 Å². The van der Waals surface area contributed by atoms with Crippen LogP contribution in [0.1, 0.15) is 24.5 Å². The second kappa shape index (κ2) is 5.56. The maximum absolute atomic E-state index is 12.4. The molecule has 1 aliphatic rings. The fourth-order valence-electron chi connectivity index (χ4n) is 2.18. The van der Waals surface area contributed by atoms with Gasteiger partial charge < -0.3 is 5.32 Å². The topological polar surface area (TPSA) is 15.3 Å². The van der Waals surface area contributed by atoms with E-state index in [-0.39, 0.29) is 5.56 Å². The third-order valence-corrected chi connectivity index (χ3v) is 3.09. The van der Waals surface area contributed by atoms with Crippen molar-refractivity contribution in [3.63, 3.8) is 0 Å². The molecule has 17 heavy (non-hydrogen) atoms. The van der Waals surface area contributed by atoms with Gasteiger partial charge in [-0.25, -0.2) is 8.78 Å². The summed E-state index contributed by atoms with van der Waals surface area (Å²) in [6, 6.07) is 7.14. The normalized spacial score (nSPS) is 22.0. The smallest absolute Gasteiger partial charge is 0.263 e. The summed E-state index contributed by atoms with van der Waals surface area (Å²) in [6.07, 6.45) is -2.37. The lowest BCUT2D eigenvalue weighted by Gasteiger charge is -2.31. The second-order valence-corrected chi connectivity index (χ2v) is 4.63. The Kier molecular flexibility index (Phi) is 4.07. The first-order valence-electron chi connectivity index (χ1n) is 5.98. The van der Waals surface area contributed by atoms with Crippen molar-refractivity contribution in [2.45, 2.75) is 25.9 Å². The highest BCUT2D eigenvalue weighted by Gasteiger charge is 2.15. The van der Waals surface area contributed by atoms with Crippen LogP contribution in [0.5, 0.6) is 0 Å². The Morgan fingerprint density at radius 1 is 1.35 bits per heavy atom. The Morgan fingerprint density at radius 2 is 2.06 bits per heavy atom. The largest absolute Gasteiger partial charge is 0.312 e. The molecule has 2 nitrogen and oxygen atoms in total. The van der Waals surface area contributed by atoms with E-state index in [1.165, 1.54) is 12.1 Å². The van der Waals surface area contributed by atoms with Gasteiger partial charge in [0.1, 0.15) is 0 Å². The van der Waals surface area contributed by atoms with Gasteiger partial charge in [-0.3, -0.25) is 4.90 Å². The van der Waals surface area contributed by atoms with Crippen LogP contribution in [0.3, 0.4) is 0 Å². The van der Waals surface area contributed by atoms with E-state index in [4.69, 9.17) is 0 Å². The van der Waals surface area contributed by atoms with Crippen LogP contribution in [0.4, 0.5) is 8.78 Å². The molecular formula is C13H18F2N2. The highest BCUT2D eigenvalue weighted by molar-refractivity contribution is 5.23. The van der Waals surface area contributed by atoms with Crippen molar-refractivity contribution in [1.82, 2.24) is 10.2 Å². The van der Waals surface area contributed by atoms with Crippen molar-refractivity contribution < 1.29 is 8.78 Å². The molecule has 1 saturated heterocycles. The third-order valence-electron chi connectivity index (χ3n) is 3.09. The van der Waals surface area contributed by atoms with Crippen LogP contribution in [-0.2, 0) is 6.54 Å². The Balaban J connectivity index is 1.94. The first-order valence-corrected chi connectivity index (χ1v) is 5.98. The molecule has 0 spiro atoms. The van der Waals surface area contributed by atoms with E-state index >= 15 is 0 Å². The molecule has 1 aromatic rings. The van der Waals surface area contributed by atoms with E-state index in [9.17, 15) is 8.78 Å². The van der Waals surface area contributed by atoms with Crippen molar-refractivity contribution in [3.05, 3.63) is 35.4 Å². The first kappa shape index (κ1) is 12.5. The van der Waals surface area contributed by atoms with Crippen LogP contribution in [0.2, 0.25) is 0 Å². The molecule has 2 rings (SSSR count). The van der Waals surface area contributed by atoms with Gasteiger partial charge in [0, 0.05) is 37.8 Å². The van der Waals surface area contributed by atoms with Gasteiger partial charge in [0.05, 0.1) is 0 Å². The molecule has 0 radical (unpaired) electrons. The second-order valence-electron chi connectivity index (χ2n) is 4.63. The van der Waals surface area contributed by atoms with Gasteiger partial charge in [-0.15, -0.1) is 0 Å². The fraction of sp³-hybridized carbons (Fsp3) is 0.538. The maximum Gasteiger partial charge on any atom is 0.263 e. The van der Waals surface area contributed by atoms with E-state index in [1.807, 2.05) is 0 Å². The molecule has 0 amide bonds. The van der Waals surface area contributed by atoms with Gasteiger partial charge in [0.25, 0.3) is 6.43 Å². The zero-order valence-corrected chi connectivity index (χ0v) is 10.00. The van der Waals surface area contributed by atoms with E-state index in [0.29, 0.717) is 6.04 Å². The molecule has 1 unspecified atom stereocenters. The lowest BCUT2D eigenvalue weighted by atomic mass is 10.1. The van der Waals surface area contributed by atoms with Crippen molar-refractivity contribution in [3.8, 4) is 0 Å². The summed E-state index contributed by atoms with van der Waals surface area (Å²) in [7, 11) is 0. The quantitative estimate of drug-likeness (QED) is 0.873. The highest BCUT2D eigenvalue weighted by atomic mass is 19.3. The molecule has 0 bridgehead atoms. The summed E-state index contributed by atoms with van der Waals surface area (Å²) in [4.78, 5) is 2.35. The predicted octanol–water partition coefficient (Wildman–Crippen LogP) is 2.42. The third kappa shape index (κ3) is 3.48. The Bertz CT molecular complexity index is 351. The van der Waals surface area contributed by atoms with Gasteiger partial charge >= 0.3 is 0 Å². The van der Waals surface area contributed by atoms with Crippen molar-refractivity contribution >= 4 is 0 Å². The zero-order chi connectivity index (χ0) is 12.3. The van der Waals surface area contributed by atoms with Gasteiger partial charge in [-0.1, -0.05) is 24.3 Å². The number of nitrogens with zero attached hydrogens (tertiary/aromatic N) is 1. The van der Waals surface area contributed by atoms with Crippen LogP contribution < -0.4 is 5.32 Å². The van der Waals surface area contributed by atoms with Gasteiger partial charge in [-0.2, -0.15) is 0 Å². The number of rotatable bonds is 3. The van der Waals surface area contributed by atoms with E-state index in [2.05, 4.69) is 17.1 Å². The number of alkyl halides is 2. The van der Waals surface area contributed by atoms with Crippen molar-refractivity contribution in [2.75, 3.05) is 19.6 Å². The first-order chi connectivity index (χ1) is 8.15. The molecule has 4 heteroatoms. The van der Waals surface area contributed by atoms with E-state index < -0.39 is 6.43 Å². The average Bonchev–Trinajstić information content (AvgIpc) is 2.29. The monoisotopic (exact) mass is 240 g/mol. The number of piperazine rings is 1. The number of hydrogen-bond acceptors (Lipinski definition) is 2. The highest BCUT2D eigenvalue weighted by Crippen LogP contribution is 2.19. The molecule has 94 valence electrons. The van der Waals surface area contributed by atoms with E-state index in [0.717, 1.165) is 31.7 Å². The van der Waals surface area contributed by atoms with Gasteiger partial charge in [-0.05, 0) is 12.5 Å². The molecule has 0 aliphatic carbocycles. The summed E-state index contributed by atoms with van der Waals surface area (Å²) >= 11 is 0. The molecule has 1 atom stereocenters. The minimum Gasteiger partial charge on any atom is -0.312 e. The molecule has 0 saturated carbocycles. The Hall–Kier alpha value is -1.00. The average molecular weight is 240 g/mol. The number of benzene rings is 1. The number of nitrogens with one attached hydrogen (secondary N) is 1. The van der Waals surface area contributed by atoms with Crippen LogP contribution >= 0.6 is 0 Å². The van der Waals surface area contributed by atoms with Crippen LogP contribution in [0, 0.1) is 0 Å². The predicted molar refractivity (Wildman–Crippen MR) is 64.1 cm³/mol. The summed E-state index contributed by atoms with van der Waals surface area (Å²) < 4.78 is 24.8. The molecule has 1 aromatic carbocycles. The minimum atomic E-state index is -2.37. The molecule has 1 fully saturated rings. The SMILES string of the molecule is CC1CN(Cc2ccc(C(F)F)cc2)CCN1. The lowest BCUT2D eigenvalue weighted by Crippen LogP contribution is -2.48. The summed E-state index contributed by atoms with van der Waals surface area (Å²) in [6.45, 7) is 6.02. The number of hydrogen-bond donors (Lipinski definition) is 1. The fourth-order valence-corrected chi connectivity index (χ4v) is 2.18. The lowest BCUT2D eigenvalue weighted by molar-refractivity contribution is 0.151. The number of halogens is 2. The molecular weight excluding hydrogens is 222 g/mol. The Labute approximate surface area is 101 Å². The maximum atomic E-state index is 12.4. The van der Waals surface area contributed by atoms with Crippen LogP contribution in [-0.4, -0.2) is 30.6 Å². The van der Waals surface area contributed by atoms with Crippen molar-refractivity contribution in [1.29, 1.82) is 0 Å². The molecule has 1 heterocycles. The van der Waals surface area contributed by atoms with Crippen LogP contribution in [0.25, 0.3) is 0 Å². The van der Waals surface area contributed by atoms with Gasteiger partial charge in [0.15, 0.2) is 0 Å². The Morgan fingerprint density at radius 3 is 2.65 bits per heavy atom. The van der Waals surface area contributed by atoms with Gasteiger partial charge in [0.2, 0.25) is 0 Å². The zero-order valence-electron chi connectivity index (χ0n) is 10.00. The minimum absolute atomic E-state index is 0.0995. The summed E-state index contributed by atoms with van der Waals surface area (Å²) in [5.74, 6) is 0. The molecule has 1 N–H and O–H groups in total. The van der Waals surface area contributed by atoms with Crippen molar-refractivity contribution in [2.24, 2.45) is 0 Å². The van der Waals surface area contributed by atoms with E-state index in [1.54, 1.807) is 12.1 Å². The standard InChI is InChI=1S/C13H18F2N2/c1-10-8-17(7-6-16-10)9-11-2-4-12(5-3-11)13(14)15/h2-5,10,13,16H,6-9H2,1H3. The summed E-state index contributed by atoms with van der Waals surface area (Å²) in [5.41, 5.74) is 1.20.